The molecule has 2 nitrogen and oxygen atoms in total. The van der Waals surface area contributed by atoms with Crippen molar-refractivity contribution in [3.05, 3.63) is 42.5 Å². The maximum atomic E-state index is 8.85. The van der Waals surface area contributed by atoms with Crippen molar-refractivity contribution in [2.75, 3.05) is 6.61 Å². The van der Waals surface area contributed by atoms with Crippen molar-refractivity contribution in [1.82, 2.24) is 0 Å². The highest BCUT2D eigenvalue weighted by molar-refractivity contribution is 5.26. The molecule has 0 saturated heterocycles. The molecule has 0 fully saturated rings. The lowest BCUT2D eigenvalue weighted by atomic mass is 10.2. The van der Waals surface area contributed by atoms with Crippen LogP contribution in [0.2, 0.25) is 0 Å². The third-order valence-electron chi connectivity index (χ3n) is 1.75. The average molecular weight is 178 g/mol. The Morgan fingerprint density at radius 1 is 1.46 bits per heavy atom. The van der Waals surface area contributed by atoms with Gasteiger partial charge >= 0.3 is 0 Å². The Morgan fingerprint density at radius 2 is 2.08 bits per heavy atom. The summed E-state index contributed by atoms with van der Waals surface area (Å²) in [6.45, 7) is 5.53. The highest BCUT2D eigenvalue weighted by Gasteiger charge is 2.02. The van der Waals surface area contributed by atoms with Gasteiger partial charge in [-0.15, -0.1) is 0 Å². The van der Waals surface area contributed by atoms with Gasteiger partial charge in [0, 0.05) is 0 Å². The first kappa shape index (κ1) is 9.81. The lowest BCUT2D eigenvalue weighted by molar-refractivity contribution is 0.150. The van der Waals surface area contributed by atoms with E-state index in [1.807, 2.05) is 31.2 Å². The third kappa shape index (κ3) is 2.92. The molecule has 0 amide bonds. The van der Waals surface area contributed by atoms with Crippen LogP contribution in [0, 0.1) is 6.92 Å². The second-order valence-electron chi connectivity index (χ2n) is 2.89. The molecule has 1 aromatic carbocycles. The molecule has 1 atom stereocenters. The van der Waals surface area contributed by atoms with E-state index in [4.69, 9.17) is 9.84 Å². The van der Waals surface area contributed by atoms with Gasteiger partial charge in [0.25, 0.3) is 0 Å². The maximum absolute atomic E-state index is 8.85. The van der Waals surface area contributed by atoms with Crippen LogP contribution in [0.3, 0.4) is 0 Å². The van der Waals surface area contributed by atoms with Crippen LogP contribution >= 0.6 is 0 Å². The summed E-state index contributed by atoms with van der Waals surface area (Å²) in [6.07, 6.45) is 1.27. The first-order chi connectivity index (χ1) is 6.26. The molecule has 0 radical (unpaired) electrons. The molecule has 2 heteroatoms. The zero-order chi connectivity index (χ0) is 9.68. The van der Waals surface area contributed by atoms with Crippen molar-refractivity contribution in [2.24, 2.45) is 0 Å². The van der Waals surface area contributed by atoms with Crippen LogP contribution in [0.1, 0.15) is 5.56 Å². The van der Waals surface area contributed by atoms with Crippen LogP contribution in [0.5, 0.6) is 5.75 Å². The molecular formula is C11H14O2. The number of hydrogen-bond acceptors (Lipinski definition) is 2. The van der Waals surface area contributed by atoms with Gasteiger partial charge in [0.1, 0.15) is 11.9 Å². The lowest BCUT2D eigenvalue weighted by Gasteiger charge is -2.12. The Hall–Kier alpha value is -1.28. The summed E-state index contributed by atoms with van der Waals surface area (Å²) in [5.74, 6) is 0.754. The zero-order valence-electron chi connectivity index (χ0n) is 7.73. The Bertz CT molecular complexity index is 264. The lowest BCUT2D eigenvalue weighted by Crippen LogP contribution is -2.17. The molecule has 1 N–H and O–H groups in total. The predicted octanol–water partition coefficient (Wildman–Crippen LogP) is 1.92. The first-order valence-electron chi connectivity index (χ1n) is 4.23. The second-order valence-corrected chi connectivity index (χ2v) is 2.89. The zero-order valence-corrected chi connectivity index (χ0v) is 7.73. The fourth-order valence-corrected chi connectivity index (χ4v) is 0.952. The smallest absolute Gasteiger partial charge is 0.140 e. The highest BCUT2D eigenvalue weighted by atomic mass is 16.5. The quantitative estimate of drug-likeness (QED) is 0.714. The summed E-state index contributed by atoms with van der Waals surface area (Å²) < 4.78 is 5.40. The van der Waals surface area contributed by atoms with Gasteiger partial charge in [0.15, 0.2) is 0 Å². The van der Waals surface area contributed by atoms with Crippen molar-refractivity contribution in [2.45, 2.75) is 13.0 Å². The van der Waals surface area contributed by atoms with Gasteiger partial charge in [-0.2, -0.15) is 0 Å². The van der Waals surface area contributed by atoms with Gasteiger partial charge < -0.3 is 9.84 Å². The van der Waals surface area contributed by atoms with Gasteiger partial charge in [0.05, 0.1) is 6.61 Å². The number of ether oxygens (including phenoxy) is 1. The van der Waals surface area contributed by atoms with Crippen molar-refractivity contribution >= 4 is 0 Å². The van der Waals surface area contributed by atoms with Crippen LogP contribution in [0.4, 0.5) is 0 Å². The molecule has 1 unspecified atom stereocenters. The van der Waals surface area contributed by atoms with E-state index in [1.54, 1.807) is 6.08 Å². The van der Waals surface area contributed by atoms with Gasteiger partial charge in [-0.05, 0) is 25.1 Å². The standard InChI is InChI=1S/C11H14O2/c1-3-10(8-12)13-11-6-4-9(2)5-7-11/h3-7,10,12H,1,8H2,2H3. The molecule has 0 aliphatic carbocycles. The largest absolute Gasteiger partial charge is 0.484 e. The van der Waals surface area contributed by atoms with E-state index in [9.17, 15) is 0 Å². The SMILES string of the molecule is C=CC(CO)Oc1ccc(C)cc1. The van der Waals surface area contributed by atoms with Crippen molar-refractivity contribution in [3.63, 3.8) is 0 Å². The van der Waals surface area contributed by atoms with Crippen LogP contribution in [0.15, 0.2) is 36.9 Å². The maximum Gasteiger partial charge on any atom is 0.140 e. The molecule has 70 valence electrons. The summed E-state index contributed by atoms with van der Waals surface area (Å²) >= 11 is 0. The van der Waals surface area contributed by atoms with E-state index in [2.05, 4.69) is 6.58 Å². The molecule has 0 heterocycles. The predicted molar refractivity (Wildman–Crippen MR) is 52.9 cm³/mol. The summed E-state index contributed by atoms with van der Waals surface area (Å²) in [4.78, 5) is 0. The normalized spacial score (nSPS) is 12.2. The van der Waals surface area contributed by atoms with E-state index >= 15 is 0 Å². The molecule has 1 aromatic rings. The molecular weight excluding hydrogens is 164 g/mol. The molecule has 0 aliphatic rings. The molecule has 0 bridgehead atoms. The van der Waals surface area contributed by atoms with E-state index in [0.29, 0.717) is 0 Å². The minimum Gasteiger partial charge on any atom is -0.484 e. The third-order valence-corrected chi connectivity index (χ3v) is 1.75. The Labute approximate surface area is 78.5 Å². The number of rotatable bonds is 4. The summed E-state index contributed by atoms with van der Waals surface area (Å²) in [5.41, 5.74) is 1.19. The molecule has 0 spiro atoms. The van der Waals surface area contributed by atoms with E-state index in [-0.39, 0.29) is 12.7 Å². The van der Waals surface area contributed by atoms with Crippen LogP contribution in [-0.2, 0) is 0 Å². The Kier molecular flexibility index (Phi) is 3.53. The van der Waals surface area contributed by atoms with Gasteiger partial charge in [-0.1, -0.05) is 24.3 Å². The summed E-state index contributed by atoms with van der Waals surface area (Å²) in [5, 5.41) is 8.85. The second kappa shape index (κ2) is 4.67. The summed E-state index contributed by atoms with van der Waals surface area (Å²) in [7, 11) is 0. The first-order valence-corrected chi connectivity index (χ1v) is 4.23. The van der Waals surface area contributed by atoms with Gasteiger partial charge in [-0.3, -0.25) is 0 Å². The number of hydrogen-bond donors (Lipinski definition) is 1. The number of aliphatic hydroxyl groups excluding tert-OH is 1. The molecule has 0 saturated carbocycles. The fourth-order valence-electron chi connectivity index (χ4n) is 0.952. The average Bonchev–Trinajstić information content (AvgIpc) is 2.17. The van der Waals surface area contributed by atoms with Crippen molar-refractivity contribution < 1.29 is 9.84 Å². The highest BCUT2D eigenvalue weighted by Crippen LogP contribution is 2.13. The fraction of sp³-hybridized carbons (Fsp3) is 0.273. The Balaban J connectivity index is 2.63. The van der Waals surface area contributed by atoms with Gasteiger partial charge in [0.2, 0.25) is 0 Å². The monoisotopic (exact) mass is 178 g/mol. The molecule has 1 rings (SSSR count). The molecule has 13 heavy (non-hydrogen) atoms. The summed E-state index contributed by atoms with van der Waals surface area (Å²) in [6, 6.07) is 7.68. The van der Waals surface area contributed by atoms with E-state index < -0.39 is 0 Å². The van der Waals surface area contributed by atoms with Crippen LogP contribution in [-0.4, -0.2) is 17.8 Å². The Morgan fingerprint density at radius 3 is 2.54 bits per heavy atom. The topological polar surface area (TPSA) is 29.5 Å². The van der Waals surface area contributed by atoms with Crippen LogP contribution in [0.25, 0.3) is 0 Å². The molecule has 0 aliphatic heterocycles. The minimum absolute atomic E-state index is 0.0443. The van der Waals surface area contributed by atoms with Crippen molar-refractivity contribution in [1.29, 1.82) is 0 Å². The number of benzene rings is 1. The van der Waals surface area contributed by atoms with E-state index in [1.165, 1.54) is 5.56 Å². The number of aliphatic hydroxyl groups is 1. The number of aryl methyl sites for hydroxylation is 1. The van der Waals surface area contributed by atoms with Gasteiger partial charge in [-0.25, -0.2) is 0 Å². The molecule has 0 aromatic heterocycles. The minimum atomic E-state index is -0.317. The van der Waals surface area contributed by atoms with Crippen molar-refractivity contribution in [3.8, 4) is 5.75 Å². The van der Waals surface area contributed by atoms with Crippen LogP contribution < -0.4 is 4.74 Å². The van der Waals surface area contributed by atoms with E-state index in [0.717, 1.165) is 5.75 Å².